The van der Waals surface area contributed by atoms with Gasteiger partial charge in [-0.2, -0.15) is 0 Å². The third kappa shape index (κ3) is 5.16. The van der Waals surface area contributed by atoms with E-state index in [1.807, 2.05) is 0 Å². The van der Waals surface area contributed by atoms with Crippen LogP contribution in [0.1, 0.15) is 24.0 Å². The van der Waals surface area contributed by atoms with Crippen LogP contribution in [0.4, 0.5) is 5.82 Å². The Balaban J connectivity index is 1.75. The molecule has 0 saturated carbocycles. The van der Waals surface area contributed by atoms with Crippen molar-refractivity contribution in [3.8, 4) is 5.75 Å². The Morgan fingerprint density at radius 3 is 2.68 bits per heavy atom. The molecule has 0 aliphatic carbocycles. The number of ether oxygens (including phenoxy) is 1. The number of nitrogen functional groups attached to an aromatic ring is 1. The molecule has 5 N–H and O–H groups in total. The Hall–Kier alpha value is -2.28. The maximum absolute atomic E-state index is 6.20. The van der Waals surface area contributed by atoms with Crippen LogP contribution >= 0.6 is 23.2 Å². The largest absolute Gasteiger partial charge is 0.485 e. The van der Waals surface area contributed by atoms with E-state index in [0.29, 0.717) is 27.4 Å². The summed E-state index contributed by atoms with van der Waals surface area (Å²) in [5.41, 5.74) is 14.0. The molecular formula is C20H23Cl2N5O. The molecule has 28 heavy (non-hydrogen) atoms. The van der Waals surface area contributed by atoms with Gasteiger partial charge in [-0.3, -0.25) is 4.99 Å². The number of hydrogen-bond acceptors (Lipinski definition) is 6. The lowest BCUT2D eigenvalue weighted by atomic mass is 10.1. The number of pyridine rings is 1. The van der Waals surface area contributed by atoms with Crippen LogP contribution in [0, 0.1) is 0 Å². The number of hydrogen-bond donors (Lipinski definition) is 3. The van der Waals surface area contributed by atoms with E-state index in [2.05, 4.69) is 15.3 Å². The summed E-state index contributed by atoms with van der Waals surface area (Å²) in [6, 6.07) is 7.40. The molecule has 1 aromatic carbocycles. The quantitative estimate of drug-likeness (QED) is 0.620. The Morgan fingerprint density at radius 1 is 1.29 bits per heavy atom. The summed E-state index contributed by atoms with van der Waals surface area (Å²) in [5.74, 6) is 0.710. The van der Waals surface area contributed by atoms with E-state index in [1.165, 1.54) is 6.20 Å². The van der Waals surface area contributed by atoms with Crippen LogP contribution in [0.2, 0.25) is 10.0 Å². The van der Waals surface area contributed by atoms with Crippen LogP contribution < -0.4 is 21.5 Å². The smallest absolute Gasteiger partial charge is 0.166 e. The first-order chi connectivity index (χ1) is 13.6. The number of nitrogens with two attached hydrogens (primary N) is 2. The van der Waals surface area contributed by atoms with E-state index in [1.54, 1.807) is 36.7 Å². The average molecular weight is 420 g/mol. The zero-order valence-corrected chi connectivity index (χ0v) is 16.9. The number of aliphatic imine (C=N–C) groups is 1. The second kappa shape index (κ2) is 9.78. The number of anilines is 1. The first-order valence-corrected chi connectivity index (χ1v) is 9.81. The Morgan fingerprint density at radius 2 is 2.00 bits per heavy atom. The molecule has 2 aromatic rings. The minimum absolute atomic E-state index is 0.179. The van der Waals surface area contributed by atoms with E-state index in [4.69, 9.17) is 39.4 Å². The predicted molar refractivity (Wildman–Crippen MR) is 116 cm³/mol. The van der Waals surface area contributed by atoms with Gasteiger partial charge in [-0.05, 0) is 44.1 Å². The molecule has 0 spiro atoms. The number of aromatic nitrogens is 1. The molecule has 3 rings (SSSR count). The first-order valence-electron chi connectivity index (χ1n) is 9.06. The maximum atomic E-state index is 6.20. The Bertz CT molecular complexity index is 859. The van der Waals surface area contributed by atoms with E-state index in [9.17, 15) is 0 Å². The van der Waals surface area contributed by atoms with Gasteiger partial charge in [-0.25, -0.2) is 4.98 Å². The number of piperidine rings is 1. The molecule has 8 heteroatoms. The van der Waals surface area contributed by atoms with Crippen LogP contribution in [0.15, 0.2) is 41.7 Å². The molecule has 6 nitrogen and oxygen atoms in total. The number of nitrogens with zero attached hydrogens (tertiary/aromatic N) is 2. The van der Waals surface area contributed by atoms with Gasteiger partial charge in [-0.15, -0.1) is 0 Å². The topological polar surface area (TPSA) is 98.5 Å². The highest BCUT2D eigenvalue weighted by molar-refractivity contribution is 6.35. The second-order valence-electron chi connectivity index (χ2n) is 6.48. The molecule has 0 atom stereocenters. The highest BCUT2D eigenvalue weighted by Gasteiger charge is 2.12. The van der Waals surface area contributed by atoms with Crippen molar-refractivity contribution in [2.24, 2.45) is 10.7 Å². The van der Waals surface area contributed by atoms with Gasteiger partial charge in [0.05, 0.1) is 6.04 Å². The van der Waals surface area contributed by atoms with Gasteiger partial charge in [0.25, 0.3) is 0 Å². The van der Waals surface area contributed by atoms with Gasteiger partial charge in [0.15, 0.2) is 11.6 Å². The average Bonchev–Trinajstić information content (AvgIpc) is 2.70. The number of benzene rings is 1. The molecule has 1 aromatic heterocycles. The van der Waals surface area contributed by atoms with Crippen LogP contribution in [0.3, 0.4) is 0 Å². The van der Waals surface area contributed by atoms with E-state index in [-0.39, 0.29) is 12.4 Å². The van der Waals surface area contributed by atoms with Crippen LogP contribution in [-0.2, 0) is 6.61 Å². The van der Waals surface area contributed by atoms with E-state index < -0.39 is 0 Å². The maximum Gasteiger partial charge on any atom is 0.166 e. The van der Waals surface area contributed by atoms with Crippen LogP contribution in [-0.4, -0.2) is 30.3 Å². The minimum Gasteiger partial charge on any atom is -0.485 e. The van der Waals surface area contributed by atoms with Gasteiger partial charge >= 0.3 is 0 Å². The molecule has 148 valence electrons. The fourth-order valence-electron chi connectivity index (χ4n) is 2.90. The van der Waals surface area contributed by atoms with Crippen molar-refractivity contribution in [2.75, 3.05) is 18.8 Å². The third-order valence-electron chi connectivity index (χ3n) is 4.56. The highest BCUT2D eigenvalue weighted by Crippen LogP contribution is 2.28. The highest BCUT2D eigenvalue weighted by atomic mass is 35.5. The van der Waals surface area contributed by atoms with E-state index >= 15 is 0 Å². The lowest BCUT2D eigenvalue weighted by molar-refractivity contribution is 0.307. The molecule has 0 radical (unpaired) electrons. The van der Waals surface area contributed by atoms with Gasteiger partial charge in [0, 0.05) is 45.4 Å². The summed E-state index contributed by atoms with van der Waals surface area (Å²) in [5, 5.41) is 4.39. The SMILES string of the molecule is N/C=C(\C=NC1CCNCC1)c1cnc(N)c(OCc2c(Cl)cccc2Cl)c1. The summed E-state index contributed by atoms with van der Waals surface area (Å²) < 4.78 is 5.84. The van der Waals surface area contributed by atoms with Crippen LogP contribution in [0.5, 0.6) is 5.75 Å². The molecular weight excluding hydrogens is 397 g/mol. The summed E-state index contributed by atoms with van der Waals surface area (Å²) in [7, 11) is 0. The van der Waals surface area contributed by atoms with Gasteiger partial charge in [-0.1, -0.05) is 29.3 Å². The fraction of sp³-hybridized carbons (Fsp3) is 0.300. The van der Waals surface area contributed by atoms with Crippen molar-refractivity contribution in [2.45, 2.75) is 25.5 Å². The summed E-state index contributed by atoms with van der Waals surface area (Å²) in [6.07, 6.45) is 6.98. The molecule has 0 bridgehead atoms. The second-order valence-corrected chi connectivity index (χ2v) is 7.29. The van der Waals surface area contributed by atoms with Crippen molar-refractivity contribution in [3.63, 3.8) is 0 Å². The van der Waals surface area contributed by atoms with Crippen molar-refractivity contribution >= 4 is 40.8 Å². The van der Waals surface area contributed by atoms with Crippen molar-refractivity contribution in [1.82, 2.24) is 10.3 Å². The molecule has 1 saturated heterocycles. The normalized spacial score (nSPS) is 15.9. The molecule has 1 aliphatic heterocycles. The number of nitrogens with one attached hydrogen (secondary N) is 1. The monoisotopic (exact) mass is 419 g/mol. The zero-order valence-electron chi connectivity index (χ0n) is 15.4. The van der Waals surface area contributed by atoms with Crippen molar-refractivity contribution in [1.29, 1.82) is 0 Å². The van der Waals surface area contributed by atoms with E-state index in [0.717, 1.165) is 37.1 Å². The molecule has 2 heterocycles. The summed E-state index contributed by atoms with van der Waals surface area (Å²) >= 11 is 12.4. The minimum atomic E-state index is 0.179. The van der Waals surface area contributed by atoms with Crippen molar-refractivity contribution < 1.29 is 4.74 Å². The standard InChI is InChI=1S/C20H23Cl2N5O/c21-17-2-1-3-18(22)16(17)12-28-19-8-13(10-27-20(19)24)14(9-23)11-26-15-4-6-25-7-5-15/h1-3,8-11,15,25H,4-7,12,23H2,(H2,24,27)/b14-9+,26-11?. The number of halogens is 2. The first kappa shape index (κ1) is 20.5. The van der Waals surface area contributed by atoms with Crippen molar-refractivity contribution in [3.05, 3.63) is 57.8 Å². The molecule has 1 fully saturated rings. The van der Waals surface area contributed by atoms with Gasteiger partial charge in [0.2, 0.25) is 0 Å². The molecule has 1 aliphatic rings. The number of allylic oxidation sites excluding steroid dienone is 1. The van der Waals surface area contributed by atoms with Gasteiger partial charge < -0.3 is 21.5 Å². The molecule has 0 amide bonds. The van der Waals surface area contributed by atoms with Gasteiger partial charge in [0.1, 0.15) is 6.61 Å². The van der Waals surface area contributed by atoms with Crippen LogP contribution in [0.25, 0.3) is 5.57 Å². The lowest BCUT2D eigenvalue weighted by Crippen LogP contribution is -2.29. The lowest BCUT2D eigenvalue weighted by Gasteiger charge is -2.18. The zero-order chi connectivity index (χ0) is 19.9. The third-order valence-corrected chi connectivity index (χ3v) is 5.27. The summed E-state index contributed by atoms with van der Waals surface area (Å²) in [6.45, 7) is 2.14. The number of rotatable bonds is 6. The Labute approximate surface area is 174 Å². The predicted octanol–water partition coefficient (Wildman–Crippen LogP) is 3.67. The Kier molecular flexibility index (Phi) is 7.14. The summed E-state index contributed by atoms with van der Waals surface area (Å²) in [4.78, 5) is 8.87. The fourth-order valence-corrected chi connectivity index (χ4v) is 3.41. The molecule has 0 unspecified atom stereocenters.